The van der Waals surface area contributed by atoms with Crippen molar-refractivity contribution in [2.75, 3.05) is 24.3 Å². The summed E-state index contributed by atoms with van der Waals surface area (Å²) in [6.45, 7) is 4.79. The molecule has 0 bridgehead atoms. The number of nitrogens with two attached hydrogens (primary N) is 1. The van der Waals surface area contributed by atoms with E-state index in [0.29, 0.717) is 30.1 Å². The quantitative estimate of drug-likeness (QED) is 0.905. The van der Waals surface area contributed by atoms with E-state index in [1.807, 2.05) is 6.92 Å². The fourth-order valence-corrected chi connectivity index (χ4v) is 2.93. The minimum atomic E-state index is 0.489. The zero-order valence-electron chi connectivity index (χ0n) is 12.1. The third-order valence-electron chi connectivity index (χ3n) is 4.01. The number of rotatable bonds is 4. The van der Waals surface area contributed by atoms with Crippen LogP contribution in [0.3, 0.4) is 0 Å². The lowest BCUT2D eigenvalue weighted by molar-refractivity contribution is 0.317. The highest BCUT2D eigenvalue weighted by Gasteiger charge is 2.27. The molecule has 1 aliphatic carbocycles. The van der Waals surface area contributed by atoms with Crippen LogP contribution in [0.1, 0.15) is 39.5 Å². The fourth-order valence-electron chi connectivity index (χ4n) is 2.93. The van der Waals surface area contributed by atoms with Gasteiger partial charge in [-0.25, -0.2) is 4.98 Å². The molecule has 0 spiro atoms. The predicted octanol–water partition coefficient (Wildman–Crippen LogP) is 2.47. The van der Waals surface area contributed by atoms with E-state index < -0.39 is 0 Å². The van der Waals surface area contributed by atoms with Gasteiger partial charge < -0.3 is 15.4 Å². The summed E-state index contributed by atoms with van der Waals surface area (Å²) in [7, 11) is 2.07. The molecule has 5 nitrogen and oxygen atoms in total. The smallest absolute Gasteiger partial charge is 0.242 e. The van der Waals surface area contributed by atoms with Gasteiger partial charge in [0.05, 0.1) is 6.61 Å². The lowest BCUT2D eigenvalue weighted by Gasteiger charge is -2.37. The average molecular weight is 264 g/mol. The van der Waals surface area contributed by atoms with Gasteiger partial charge in [0.15, 0.2) is 5.82 Å². The van der Waals surface area contributed by atoms with Crippen molar-refractivity contribution >= 4 is 11.5 Å². The maximum atomic E-state index is 6.13. The molecule has 19 heavy (non-hydrogen) atoms. The van der Waals surface area contributed by atoms with Gasteiger partial charge in [-0.2, -0.15) is 4.98 Å². The molecule has 1 aromatic rings. The molecule has 0 radical (unpaired) electrons. The first kappa shape index (κ1) is 13.9. The molecule has 2 atom stereocenters. The minimum absolute atomic E-state index is 0.489. The van der Waals surface area contributed by atoms with Crippen molar-refractivity contribution in [2.45, 2.75) is 45.6 Å². The van der Waals surface area contributed by atoms with E-state index in [2.05, 4.69) is 28.8 Å². The summed E-state index contributed by atoms with van der Waals surface area (Å²) in [4.78, 5) is 10.6. The zero-order chi connectivity index (χ0) is 13.8. The largest absolute Gasteiger partial charge is 0.476 e. The lowest BCUT2D eigenvalue weighted by atomic mass is 9.85. The predicted molar refractivity (Wildman–Crippen MR) is 77.4 cm³/mol. The molecule has 0 amide bonds. The number of hydrogen-bond acceptors (Lipinski definition) is 5. The number of hydrogen-bond donors (Lipinski definition) is 1. The summed E-state index contributed by atoms with van der Waals surface area (Å²) < 4.78 is 5.44. The van der Waals surface area contributed by atoms with Crippen molar-refractivity contribution in [1.82, 2.24) is 9.97 Å². The summed E-state index contributed by atoms with van der Waals surface area (Å²) in [6.07, 6.45) is 6.61. The fraction of sp³-hybridized carbons (Fsp3) is 0.714. The zero-order valence-corrected chi connectivity index (χ0v) is 12.1. The van der Waals surface area contributed by atoms with Gasteiger partial charge in [0, 0.05) is 13.1 Å². The standard InChI is InChI=1S/C14H24N4O/c1-4-19-14-12(15)13(16-9-17-14)18(3)11-8-6-5-7-10(11)2/h9-11H,4-8,15H2,1-3H3. The van der Waals surface area contributed by atoms with Crippen LogP contribution in [0.2, 0.25) is 0 Å². The second-order valence-corrected chi connectivity index (χ2v) is 5.29. The van der Waals surface area contributed by atoms with E-state index in [1.165, 1.54) is 32.0 Å². The Morgan fingerprint density at radius 1 is 1.37 bits per heavy atom. The third-order valence-corrected chi connectivity index (χ3v) is 4.01. The van der Waals surface area contributed by atoms with E-state index in [-0.39, 0.29) is 0 Å². The summed E-state index contributed by atoms with van der Waals surface area (Å²) >= 11 is 0. The molecule has 2 unspecified atom stereocenters. The topological polar surface area (TPSA) is 64.3 Å². The molecule has 1 heterocycles. The highest BCUT2D eigenvalue weighted by atomic mass is 16.5. The van der Waals surface area contributed by atoms with Gasteiger partial charge >= 0.3 is 0 Å². The Bertz CT molecular complexity index is 424. The molecule has 1 fully saturated rings. The first-order valence-corrected chi connectivity index (χ1v) is 7.11. The number of anilines is 2. The normalized spacial score (nSPS) is 23.1. The SMILES string of the molecule is CCOc1ncnc(N(C)C2CCCCC2C)c1N. The second-order valence-electron chi connectivity index (χ2n) is 5.29. The Morgan fingerprint density at radius 2 is 2.11 bits per heavy atom. The molecule has 0 saturated heterocycles. The van der Waals surface area contributed by atoms with Gasteiger partial charge in [0.1, 0.15) is 12.0 Å². The molecule has 5 heteroatoms. The molecular weight excluding hydrogens is 240 g/mol. The van der Waals surface area contributed by atoms with Crippen molar-refractivity contribution in [3.05, 3.63) is 6.33 Å². The van der Waals surface area contributed by atoms with Crippen molar-refractivity contribution in [3.8, 4) is 5.88 Å². The van der Waals surface area contributed by atoms with Crippen LogP contribution < -0.4 is 15.4 Å². The van der Waals surface area contributed by atoms with E-state index in [4.69, 9.17) is 10.5 Å². The molecule has 106 valence electrons. The minimum Gasteiger partial charge on any atom is -0.476 e. The van der Waals surface area contributed by atoms with Crippen LogP contribution in [0.15, 0.2) is 6.33 Å². The van der Waals surface area contributed by atoms with Crippen LogP contribution in [-0.2, 0) is 0 Å². The molecule has 2 N–H and O–H groups in total. The average Bonchev–Trinajstić information content (AvgIpc) is 2.41. The summed E-state index contributed by atoms with van der Waals surface area (Å²) in [6, 6.07) is 0.500. The van der Waals surface area contributed by atoms with Crippen molar-refractivity contribution in [3.63, 3.8) is 0 Å². The molecule has 1 aliphatic rings. The van der Waals surface area contributed by atoms with Gasteiger partial charge in [-0.1, -0.05) is 19.8 Å². The summed E-state index contributed by atoms with van der Waals surface area (Å²) in [5.74, 6) is 1.95. The van der Waals surface area contributed by atoms with E-state index in [0.717, 1.165) is 5.82 Å². The highest BCUT2D eigenvalue weighted by Crippen LogP contribution is 2.34. The Morgan fingerprint density at radius 3 is 2.79 bits per heavy atom. The van der Waals surface area contributed by atoms with Crippen LogP contribution >= 0.6 is 0 Å². The van der Waals surface area contributed by atoms with Crippen LogP contribution in [-0.4, -0.2) is 29.7 Å². The van der Waals surface area contributed by atoms with Gasteiger partial charge in [-0.3, -0.25) is 0 Å². The third kappa shape index (κ3) is 2.91. The van der Waals surface area contributed by atoms with Crippen LogP contribution in [0.25, 0.3) is 0 Å². The Hall–Kier alpha value is -1.52. The van der Waals surface area contributed by atoms with Gasteiger partial charge in [-0.05, 0) is 25.7 Å². The van der Waals surface area contributed by atoms with E-state index >= 15 is 0 Å². The Balaban J connectivity index is 2.22. The van der Waals surface area contributed by atoms with Gasteiger partial charge in [0.2, 0.25) is 5.88 Å². The number of aromatic nitrogens is 2. The number of ether oxygens (including phenoxy) is 1. The van der Waals surface area contributed by atoms with E-state index in [1.54, 1.807) is 0 Å². The van der Waals surface area contributed by atoms with Crippen molar-refractivity contribution in [1.29, 1.82) is 0 Å². The number of nitrogen functional groups attached to an aromatic ring is 1. The molecule has 0 aliphatic heterocycles. The van der Waals surface area contributed by atoms with E-state index in [9.17, 15) is 0 Å². The molecule has 0 aromatic carbocycles. The van der Waals surface area contributed by atoms with Gasteiger partial charge in [-0.15, -0.1) is 0 Å². The summed E-state index contributed by atoms with van der Waals surface area (Å²) in [5.41, 5.74) is 6.68. The second kappa shape index (κ2) is 6.08. The van der Waals surface area contributed by atoms with Crippen molar-refractivity contribution < 1.29 is 4.74 Å². The molecular formula is C14H24N4O. The molecule has 1 saturated carbocycles. The van der Waals surface area contributed by atoms with Crippen LogP contribution in [0.4, 0.5) is 11.5 Å². The van der Waals surface area contributed by atoms with Crippen molar-refractivity contribution in [2.24, 2.45) is 5.92 Å². The first-order chi connectivity index (χ1) is 9.15. The highest BCUT2D eigenvalue weighted by molar-refractivity contribution is 5.67. The Labute approximate surface area is 115 Å². The molecule has 2 rings (SSSR count). The first-order valence-electron chi connectivity index (χ1n) is 7.11. The van der Waals surface area contributed by atoms with Crippen LogP contribution in [0, 0.1) is 5.92 Å². The van der Waals surface area contributed by atoms with Gasteiger partial charge in [0.25, 0.3) is 0 Å². The van der Waals surface area contributed by atoms with Crippen LogP contribution in [0.5, 0.6) is 5.88 Å². The Kier molecular flexibility index (Phi) is 4.45. The number of nitrogens with zero attached hydrogens (tertiary/aromatic N) is 3. The monoisotopic (exact) mass is 264 g/mol. The maximum Gasteiger partial charge on any atom is 0.242 e. The lowest BCUT2D eigenvalue weighted by Crippen LogP contribution is -2.39. The summed E-state index contributed by atoms with van der Waals surface area (Å²) in [5, 5.41) is 0. The maximum absolute atomic E-state index is 6.13. The molecule has 1 aromatic heterocycles.